The first kappa shape index (κ1) is 67.8. The molecule has 14 heteroatoms. The second-order valence-electron chi connectivity index (χ2n) is 20.0. The minimum absolute atomic E-state index is 0.232. The second kappa shape index (κ2) is 47.2. The van der Waals surface area contributed by atoms with Crippen LogP contribution in [0.2, 0.25) is 0 Å². The van der Waals surface area contributed by atoms with Gasteiger partial charge in [0, 0.05) is 0 Å². The zero-order valence-electron chi connectivity index (χ0n) is 45.1. The molecule has 0 aromatic carbocycles. The number of carbonyl (C=O) groups excluding carboxylic acids is 1. The summed E-state index contributed by atoms with van der Waals surface area (Å²) >= 11 is 0. The van der Waals surface area contributed by atoms with Gasteiger partial charge in [0.15, 0.2) is 6.29 Å². The van der Waals surface area contributed by atoms with Gasteiger partial charge in [-0.15, -0.1) is 0 Å². The molecule has 1 rings (SSSR count). The summed E-state index contributed by atoms with van der Waals surface area (Å²) < 4.78 is 47.5. The molecule has 0 bridgehead atoms. The van der Waals surface area contributed by atoms with Crippen LogP contribution in [-0.2, 0) is 28.9 Å². The number of ether oxygens (including phenoxy) is 2. The fourth-order valence-corrected chi connectivity index (χ4v) is 9.45. The first-order valence-electron chi connectivity index (χ1n) is 28.7. The van der Waals surface area contributed by atoms with Crippen LogP contribution in [-0.4, -0.2) is 107 Å². The summed E-state index contributed by atoms with van der Waals surface area (Å²) in [5.74, 6) is -0.719. The molecular weight excluding hydrogens is 935 g/mol. The van der Waals surface area contributed by atoms with E-state index >= 15 is 0 Å². The average molecular weight is 1040 g/mol. The Balaban J connectivity index is 2.21. The molecule has 420 valence electrons. The lowest BCUT2D eigenvalue weighted by Gasteiger charge is -2.41. The van der Waals surface area contributed by atoms with E-state index in [2.05, 4.69) is 52.9 Å². The van der Waals surface area contributed by atoms with Crippen LogP contribution in [0.25, 0.3) is 0 Å². The summed E-state index contributed by atoms with van der Waals surface area (Å²) in [6.45, 7) is 2.96. The number of aliphatic hydroxyl groups excluding tert-OH is 5. The molecule has 1 fully saturated rings. The Morgan fingerprint density at radius 2 is 1.03 bits per heavy atom. The molecule has 13 nitrogen and oxygen atoms in total. The minimum atomic E-state index is -5.13. The standard InChI is InChI=1S/C58H105NO12S/c1-3-5-7-9-11-13-14-15-16-17-18-19-20-21-22-23-24-25-26-27-28-29-30-31-32-33-34-35-36-37-39-41-43-45-47-52(62)57(65)59-50(51(61)46-44-42-40-38-12-10-8-6-4-2)49-69-58-55(64)56(71-72(66,67)68)54(63)53(48-60)70-58/h4,6,12,20-21,23-24,38,44,46,50-56,58,60-64H,3,5,7-11,13-19,22,25-37,39-43,45,47-49H2,1-2H3,(H,59,65)(H,66,67,68)/b6-4+,21-20-,24-23-,38-12+,46-44+. The summed E-state index contributed by atoms with van der Waals surface area (Å²) in [5, 5.41) is 55.2. The van der Waals surface area contributed by atoms with E-state index in [0.717, 1.165) is 44.9 Å². The Bertz CT molecular complexity index is 1520. The molecule has 0 radical (unpaired) electrons. The molecule has 0 aromatic rings. The summed E-state index contributed by atoms with van der Waals surface area (Å²) in [6, 6.07) is -1.14. The van der Waals surface area contributed by atoms with Crippen molar-refractivity contribution in [3.05, 3.63) is 60.8 Å². The zero-order chi connectivity index (χ0) is 52.8. The third-order valence-corrected chi connectivity index (χ3v) is 13.9. The number of nitrogens with one attached hydrogen (secondary N) is 1. The molecular formula is C58H105NO12S. The van der Waals surface area contributed by atoms with E-state index in [1.54, 1.807) is 6.08 Å². The van der Waals surface area contributed by atoms with Crippen molar-refractivity contribution in [1.82, 2.24) is 5.32 Å². The molecule has 0 saturated carbocycles. The average Bonchev–Trinajstić information content (AvgIpc) is 3.36. The van der Waals surface area contributed by atoms with Gasteiger partial charge < -0.3 is 40.3 Å². The normalized spacial score (nSPS) is 20.2. The van der Waals surface area contributed by atoms with Gasteiger partial charge in [-0.05, 0) is 71.1 Å². The Kier molecular flexibility index (Phi) is 44.5. The van der Waals surface area contributed by atoms with Gasteiger partial charge in [0.25, 0.3) is 0 Å². The van der Waals surface area contributed by atoms with Gasteiger partial charge in [-0.1, -0.05) is 228 Å². The maximum absolute atomic E-state index is 13.1. The summed E-state index contributed by atoms with van der Waals surface area (Å²) in [7, 11) is -5.13. The lowest BCUT2D eigenvalue weighted by Crippen LogP contribution is -2.61. The van der Waals surface area contributed by atoms with Crippen LogP contribution in [0.15, 0.2) is 60.8 Å². The number of unbranched alkanes of at least 4 members (excludes halogenated alkanes) is 29. The number of amides is 1. The molecule has 7 N–H and O–H groups in total. The van der Waals surface area contributed by atoms with Crippen molar-refractivity contribution < 1.29 is 57.0 Å². The molecule has 1 saturated heterocycles. The van der Waals surface area contributed by atoms with Crippen molar-refractivity contribution in [1.29, 1.82) is 0 Å². The zero-order valence-corrected chi connectivity index (χ0v) is 45.9. The first-order chi connectivity index (χ1) is 34.9. The Hall–Kier alpha value is -2.24. The summed E-state index contributed by atoms with van der Waals surface area (Å²) in [5.41, 5.74) is 0. The Labute approximate surface area is 438 Å². The molecule has 0 aromatic heterocycles. The van der Waals surface area contributed by atoms with Gasteiger partial charge in [0.05, 0.1) is 25.4 Å². The molecule has 1 amide bonds. The molecule has 1 heterocycles. The van der Waals surface area contributed by atoms with Crippen LogP contribution in [0.1, 0.15) is 239 Å². The smallest absolute Gasteiger partial charge is 0.394 e. The van der Waals surface area contributed by atoms with E-state index < -0.39 is 78.5 Å². The van der Waals surface area contributed by atoms with E-state index in [0.29, 0.717) is 12.8 Å². The van der Waals surface area contributed by atoms with Crippen LogP contribution in [0, 0.1) is 0 Å². The molecule has 1 aliphatic rings. The van der Waals surface area contributed by atoms with Crippen molar-refractivity contribution in [3.63, 3.8) is 0 Å². The van der Waals surface area contributed by atoms with E-state index in [-0.39, 0.29) is 6.42 Å². The van der Waals surface area contributed by atoms with Crippen LogP contribution in [0.4, 0.5) is 0 Å². The maximum atomic E-state index is 13.1. The number of aliphatic hydroxyl groups is 5. The van der Waals surface area contributed by atoms with Gasteiger partial charge in [-0.2, -0.15) is 8.42 Å². The van der Waals surface area contributed by atoms with Crippen molar-refractivity contribution >= 4 is 16.3 Å². The minimum Gasteiger partial charge on any atom is -0.394 e. The number of hydrogen-bond donors (Lipinski definition) is 7. The number of allylic oxidation sites excluding steroid dienone is 9. The van der Waals surface area contributed by atoms with Gasteiger partial charge in [0.2, 0.25) is 5.91 Å². The molecule has 1 aliphatic heterocycles. The van der Waals surface area contributed by atoms with E-state index in [1.165, 1.54) is 167 Å². The van der Waals surface area contributed by atoms with Crippen molar-refractivity contribution in [2.24, 2.45) is 0 Å². The highest BCUT2D eigenvalue weighted by Gasteiger charge is 2.48. The van der Waals surface area contributed by atoms with Crippen molar-refractivity contribution in [3.8, 4) is 0 Å². The van der Waals surface area contributed by atoms with Crippen molar-refractivity contribution in [2.45, 2.75) is 288 Å². The van der Waals surface area contributed by atoms with Crippen molar-refractivity contribution in [2.75, 3.05) is 13.2 Å². The third kappa shape index (κ3) is 38.3. The van der Waals surface area contributed by atoms with Crippen LogP contribution in [0.5, 0.6) is 0 Å². The molecule has 0 aliphatic carbocycles. The number of rotatable bonds is 49. The van der Waals surface area contributed by atoms with E-state index in [9.17, 15) is 43.3 Å². The Morgan fingerprint density at radius 1 is 0.597 bits per heavy atom. The molecule has 72 heavy (non-hydrogen) atoms. The predicted molar refractivity (Wildman–Crippen MR) is 293 cm³/mol. The van der Waals surface area contributed by atoms with Crippen LogP contribution >= 0.6 is 0 Å². The van der Waals surface area contributed by atoms with Crippen LogP contribution in [0.3, 0.4) is 0 Å². The SMILES string of the molecule is C/C=C/CC/C=C/CC/C=C/C(O)C(COC1OC(CO)C(O)C(OS(=O)(=O)O)C1O)NC(=O)C(O)CCCCCCCCCCCCCCCCCC/C=C\C/C=C\CCCCCCCCCCCCC. The van der Waals surface area contributed by atoms with E-state index in [4.69, 9.17) is 9.47 Å². The first-order valence-corrected chi connectivity index (χ1v) is 30.1. The highest BCUT2D eigenvalue weighted by Crippen LogP contribution is 2.26. The second-order valence-corrected chi connectivity index (χ2v) is 21.1. The fourth-order valence-electron chi connectivity index (χ4n) is 8.94. The topological polar surface area (TPSA) is 212 Å². The van der Waals surface area contributed by atoms with Gasteiger partial charge in [0.1, 0.15) is 30.5 Å². The maximum Gasteiger partial charge on any atom is 0.397 e. The number of carbonyl (C=O) groups is 1. The fraction of sp³-hybridized carbons (Fsp3) is 0.810. The molecule has 8 unspecified atom stereocenters. The molecule has 0 spiro atoms. The quantitative estimate of drug-likeness (QED) is 0.0172. The summed E-state index contributed by atoms with van der Waals surface area (Å²) in [4.78, 5) is 13.1. The monoisotopic (exact) mass is 1040 g/mol. The van der Waals surface area contributed by atoms with Gasteiger partial charge >= 0.3 is 10.4 Å². The van der Waals surface area contributed by atoms with Gasteiger partial charge in [-0.3, -0.25) is 9.35 Å². The molecule has 8 atom stereocenters. The number of hydrogen-bond acceptors (Lipinski definition) is 11. The lowest BCUT2D eigenvalue weighted by atomic mass is 9.99. The highest BCUT2D eigenvalue weighted by molar-refractivity contribution is 7.80. The largest absolute Gasteiger partial charge is 0.397 e. The van der Waals surface area contributed by atoms with Gasteiger partial charge in [-0.25, -0.2) is 4.18 Å². The highest BCUT2D eigenvalue weighted by atomic mass is 32.3. The Morgan fingerprint density at radius 3 is 1.49 bits per heavy atom. The lowest BCUT2D eigenvalue weighted by molar-refractivity contribution is -0.298. The predicted octanol–water partition coefficient (Wildman–Crippen LogP) is 12.3. The van der Waals surface area contributed by atoms with E-state index in [1.807, 2.05) is 19.1 Å². The third-order valence-electron chi connectivity index (χ3n) is 13.5. The van der Waals surface area contributed by atoms with Crippen LogP contribution < -0.4 is 5.32 Å². The summed E-state index contributed by atoms with van der Waals surface area (Å²) in [6.07, 6.45) is 51.0.